The molecule has 2 heterocycles. The van der Waals surface area contributed by atoms with E-state index in [0.717, 1.165) is 6.42 Å². The molecule has 1 aliphatic carbocycles. The van der Waals surface area contributed by atoms with E-state index in [1.54, 1.807) is 11.3 Å². The van der Waals surface area contributed by atoms with Crippen molar-refractivity contribution in [3.8, 4) is 0 Å². The number of rotatable bonds is 5. The molecule has 1 amide bonds. The van der Waals surface area contributed by atoms with Crippen molar-refractivity contribution in [2.24, 2.45) is 5.92 Å². The lowest BCUT2D eigenvalue weighted by molar-refractivity contribution is -0.133. The lowest BCUT2D eigenvalue weighted by atomic mass is 9.99. The number of carbonyl (C=O) groups is 1. The third kappa shape index (κ3) is 2.19. The number of amides is 1. The second-order valence-corrected chi connectivity index (χ2v) is 7.29. The van der Waals surface area contributed by atoms with Crippen LogP contribution in [-0.2, 0) is 4.79 Å². The summed E-state index contributed by atoms with van der Waals surface area (Å²) >= 11 is 1.74. The van der Waals surface area contributed by atoms with Crippen LogP contribution in [0.1, 0.15) is 57.5 Å². The first-order chi connectivity index (χ1) is 9.60. The van der Waals surface area contributed by atoms with Crippen LogP contribution in [0.3, 0.4) is 0 Å². The fraction of sp³-hybridized carbons (Fsp3) is 0.688. The van der Waals surface area contributed by atoms with Gasteiger partial charge in [0.2, 0.25) is 5.91 Å². The summed E-state index contributed by atoms with van der Waals surface area (Å²) in [6.07, 6.45) is 4.57. The standard InChI is InChI=1S/C16H24N2OS/c1-4-7-11-10-12(11)18-14(13-8-6-9-20-13)17-16(3,5-2)15(18)19/h6,8-9,11-12,14,17H,4-5,7,10H2,1-3H3. The van der Waals surface area contributed by atoms with Crippen LogP contribution >= 0.6 is 11.3 Å². The molecule has 1 N–H and O–H groups in total. The van der Waals surface area contributed by atoms with Gasteiger partial charge in [-0.25, -0.2) is 0 Å². The Morgan fingerprint density at radius 1 is 1.50 bits per heavy atom. The summed E-state index contributed by atoms with van der Waals surface area (Å²) in [5, 5.41) is 5.69. The summed E-state index contributed by atoms with van der Waals surface area (Å²) in [6, 6.07) is 4.67. The van der Waals surface area contributed by atoms with E-state index < -0.39 is 5.54 Å². The first kappa shape index (κ1) is 14.1. The topological polar surface area (TPSA) is 32.3 Å². The average Bonchev–Trinajstić information content (AvgIpc) is 2.90. The van der Waals surface area contributed by atoms with Gasteiger partial charge in [-0.2, -0.15) is 0 Å². The molecule has 2 fully saturated rings. The van der Waals surface area contributed by atoms with E-state index in [1.165, 1.54) is 24.1 Å². The highest BCUT2D eigenvalue weighted by Gasteiger charge is 2.55. The van der Waals surface area contributed by atoms with Crippen molar-refractivity contribution in [1.29, 1.82) is 0 Å². The molecule has 4 atom stereocenters. The third-order valence-electron chi connectivity index (χ3n) is 4.86. The van der Waals surface area contributed by atoms with Crippen molar-refractivity contribution < 1.29 is 4.79 Å². The lowest BCUT2D eigenvalue weighted by Gasteiger charge is -2.24. The van der Waals surface area contributed by atoms with E-state index in [1.807, 2.05) is 6.92 Å². The molecule has 1 aromatic heterocycles. The summed E-state index contributed by atoms with van der Waals surface area (Å²) in [7, 11) is 0. The number of carbonyl (C=O) groups excluding carboxylic acids is 1. The van der Waals surface area contributed by atoms with E-state index in [2.05, 4.69) is 41.6 Å². The molecule has 3 nitrogen and oxygen atoms in total. The Morgan fingerprint density at radius 3 is 2.90 bits per heavy atom. The highest BCUT2D eigenvalue weighted by molar-refractivity contribution is 7.10. The summed E-state index contributed by atoms with van der Waals surface area (Å²) < 4.78 is 0. The van der Waals surface area contributed by atoms with Crippen LogP contribution in [0.25, 0.3) is 0 Å². The van der Waals surface area contributed by atoms with Crippen molar-refractivity contribution in [3.05, 3.63) is 22.4 Å². The Bertz CT molecular complexity index is 487. The van der Waals surface area contributed by atoms with Crippen LogP contribution < -0.4 is 5.32 Å². The molecule has 110 valence electrons. The van der Waals surface area contributed by atoms with Crippen molar-refractivity contribution in [2.45, 2.75) is 64.2 Å². The Kier molecular flexibility index (Phi) is 3.63. The predicted molar refractivity (Wildman–Crippen MR) is 82.5 cm³/mol. The zero-order chi connectivity index (χ0) is 14.3. The van der Waals surface area contributed by atoms with Gasteiger partial charge < -0.3 is 4.90 Å². The molecular formula is C16H24N2OS. The molecule has 1 aromatic rings. The minimum Gasteiger partial charge on any atom is -0.317 e. The Labute approximate surface area is 125 Å². The van der Waals surface area contributed by atoms with Crippen LogP contribution in [0.2, 0.25) is 0 Å². The zero-order valence-corrected chi connectivity index (χ0v) is 13.4. The first-order valence-corrected chi connectivity index (χ1v) is 8.62. The van der Waals surface area contributed by atoms with E-state index >= 15 is 0 Å². The van der Waals surface area contributed by atoms with E-state index in [-0.39, 0.29) is 6.17 Å². The number of nitrogens with zero attached hydrogens (tertiary/aromatic N) is 1. The van der Waals surface area contributed by atoms with Crippen molar-refractivity contribution in [3.63, 3.8) is 0 Å². The average molecular weight is 292 g/mol. The molecule has 4 heteroatoms. The maximum absolute atomic E-state index is 12.9. The van der Waals surface area contributed by atoms with Crippen molar-refractivity contribution >= 4 is 17.2 Å². The fourth-order valence-electron chi connectivity index (χ4n) is 3.34. The second-order valence-electron chi connectivity index (χ2n) is 6.31. The molecule has 0 bridgehead atoms. The number of nitrogens with one attached hydrogen (secondary N) is 1. The summed E-state index contributed by atoms with van der Waals surface area (Å²) in [5.41, 5.74) is -0.395. The van der Waals surface area contributed by atoms with Crippen LogP contribution in [0.4, 0.5) is 0 Å². The van der Waals surface area contributed by atoms with Gasteiger partial charge >= 0.3 is 0 Å². The number of hydrogen-bond donors (Lipinski definition) is 1. The fourth-order valence-corrected chi connectivity index (χ4v) is 4.11. The summed E-state index contributed by atoms with van der Waals surface area (Å²) in [6.45, 7) is 6.37. The van der Waals surface area contributed by atoms with Crippen molar-refractivity contribution in [1.82, 2.24) is 10.2 Å². The van der Waals surface area contributed by atoms with Gasteiger partial charge in [-0.15, -0.1) is 11.3 Å². The Balaban J connectivity index is 1.86. The van der Waals surface area contributed by atoms with E-state index in [9.17, 15) is 4.79 Å². The summed E-state index contributed by atoms with van der Waals surface area (Å²) in [5.74, 6) is 1.01. The molecule has 0 spiro atoms. The molecule has 1 saturated heterocycles. The Morgan fingerprint density at radius 2 is 2.30 bits per heavy atom. The van der Waals surface area contributed by atoms with Gasteiger partial charge in [0.15, 0.2) is 0 Å². The van der Waals surface area contributed by atoms with Crippen LogP contribution in [0.5, 0.6) is 0 Å². The monoisotopic (exact) mass is 292 g/mol. The molecule has 20 heavy (non-hydrogen) atoms. The van der Waals surface area contributed by atoms with E-state index in [0.29, 0.717) is 17.9 Å². The smallest absolute Gasteiger partial charge is 0.244 e. The third-order valence-corrected chi connectivity index (χ3v) is 5.79. The molecule has 0 aromatic carbocycles. The summed E-state index contributed by atoms with van der Waals surface area (Å²) in [4.78, 5) is 16.3. The van der Waals surface area contributed by atoms with Gasteiger partial charge in [0.1, 0.15) is 6.17 Å². The number of hydrogen-bond acceptors (Lipinski definition) is 3. The SMILES string of the molecule is CCCC1CC1N1C(=O)C(C)(CC)NC1c1cccs1. The van der Waals surface area contributed by atoms with Gasteiger partial charge in [0.05, 0.1) is 5.54 Å². The minimum absolute atomic E-state index is 0.0827. The van der Waals surface area contributed by atoms with Crippen LogP contribution in [-0.4, -0.2) is 22.4 Å². The lowest BCUT2D eigenvalue weighted by Crippen LogP contribution is -2.43. The first-order valence-electron chi connectivity index (χ1n) is 7.74. The van der Waals surface area contributed by atoms with Gasteiger partial charge in [0.25, 0.3) is 0 Å². The van der Waals surface area contributed by atoms with E-state index in [4.69, 9.17) is 0 Å². The molecule has 2 aliphatic rings. The van der Waals surface area contributed by atoms with Gasteiger partial charge in [-0.3, -0.25) is 10.1 Å². The minimum atomic E-state index is -0.395. The second kappa shape index (κ2) is 5.15. The van der Waals surface area contributed by atoms with Gasteiger partial charge in [-0.05, 0) is 43.6 Å². The Hall–Kier alpha value is -0.870. The predicted octanol–water partition coefficient (Wildman–Crippen LogP) is 3.54. The maximum atomic E-state index is 12.9. The van der Waals surface area contributed by atoms with Gasteiger partial charge in [0, 0.05) is 10.9 Å². The molecule has 0 radical (unpaired) electrons. The highest BCUT2D eigenvalue weighted by atomic mass is 32.1. The maximum Gasteiger partial charge on any atom is 0.244 e. The molecular weight excluding hydrogens is 268 g/mol. The number of thiophene rings is 1. The molecule has 1 saturated carbocycles. The van der Waals surface area contributed by atoms with Crippen LogP contribution in [0.15, 0.2) is 17.5 Å². The normalized spacial score (nSPS) is 36.6. The molecule has 4 unspecified atom stereocenters. The molecule has 1 aliphatic heterocycles. The zero-order valence-electron chi connectivity index (χ0n) is 12.6. The molecule has 3 rings (SSSR count). The van der Waals surface area contributed by atoms with Gasteiger partial charge in [-0.1, -0.05) is 26.3 Å². The van der Waals surface area contributed by atoms with Crippen LogP contribution in [0, 0.1) is 5.92 Å². The quantitative estimate of drug-likeness (QED) is 0.900. The largest absolute Gasteiger partial charge is 0.317 e. The van der Waals surface area contributed by atoms with Crippen molar-refractivity contribution in [2.75, 3.05) is 0 Å². The highest BCUT2D eigenvalue weighted by Crippen LogP contribution is 2.47.